The Morgan fingerprint density at radius 1 is 0.537 bits per heavy atom. The average Bonchev–Trinajstić information content (AvgIpc) is 0.747. The average molecular weight is 1100 g/mol. The molecule has 0 bridgehead atoms. The zero-order valence-corrected chi connectivity index (χ0v) is 39.8. The van der Waals surface area contributed by atoms with E-state index in [-0.39, 0.29) is 71.8 Å². The van der Waals surface area contributed by atoms with E-state index in [2.05, 4.69) is 11.1 Å². The number of para-hydroxylation sites is 1. The van der Waals surface area contributed by atoms with E-state index in [0.717, 1.165) is 5.56 Å². The van der Waals surface area contributed by atoms with E-state index in [1.54, 1.807) is 72.8 Å². The number of rotatable bonds is 6. The smallest absolute Gasteiger partial charge is 0.148 e. The van der Waals surface area contributed by atoms with Gasteiger partial charge in [0, 0.05) is 81.1 Å². The van der Waals surface area contributed by atoms with Crippen LogP contribution in [0.25, 0.3) is 72.7 Å². The molecule has 0 radical (unpaired) electrons. The predicted octanol–water partition coefficient (Wildman–Crippen LogP) is 16.7. The number of hydrogen-bond acceptors (Lipinski definition) is 3. The van der Waals surface area contributed by atoms with Crippen molar-refractivity contribution in [1.82, 2.24) is 14.5 Å². The maximum absolute atomic E-state index is 13.1. The van der Waals surface area contributed by atoms with Crippen molar-refractivity contribution in [2.75, 3.05) is 0 Å². The Morgan fingerprint density at radius 2 is 1.16 bits per heavy atom. The van der Waals surface area contributed by atoms with Crippen molar-refractivity contribution in [2.45, 2.75) is 130 Å². The Morgan fingerprint density at radius 3 is 1.82 bits per heavy atom. The summed E-state index contributed by atoms with van der Waals surface area (Å²) >= 11 is 0. The molecule has 8 rings (SSSR count). The van der Waals surface area contributed by atoms with E-state index in [9.17, 15) is 7.85 Å². The van der Waals surface area contributed by atoms with Crippen LogP contribution in [0.2, 0.25) is 0 Å². The quantitative estimate of drug-likeness (QED) is 0.169. The van der Waals surface area contributed by atoms with Crippen LogP contribution in [0.1, 0.15) is 174 Å². The molecule has 0 saturated heterocycles. The number of nitrogens with zero attached hydrogens (tertiary/aromatic N) is 3. The Labute approximate surface area is 458 Å². The van der Waals surface area contributed by atoms with Gasteiger partial charge >= 0.3 is 0 Å². The number of benzene rings is 6. The Bertz CT molecular complexity index is 4220. The molecule has 5 heteroatoms. The van der Waals surface area contributed by atoms with Gasteiger partial charge in [-0.05, 0) is 90.8 Å². The van der Waals surface area contributed by atoms with Gasteiger partial charge in [-0.25, -0.2) is 4.98 Å². The molecule has 0 aliphatic heterocycles. The Kier molecular flexibility index (Phi) is 6.16. The van der Waals surface area contributed by atoms with Crippen LogP contribution >= 0.6 is 0 Å². The van der Waals surface area contributed by atoms with Crippen molar-refractivity contribution in [3.8, 4) is 67.5 Å². The van der Waals surface area contributed by atoms with Crippen LogP contribution in [-0.2, 0) is 48.1 Å². The summed E-state index contributed by atoms with van der Waals surface area (Å²) in [4.78, 5) is 9.70. The van der Waals surface area contributed by atoms with E-state index in [1.807, 2.05) is 47.6 Å². The molecular weight excluding hydrogens is 998 g/mol. The molecule has 348 valence electrons. The van der Waals surface area contributed by atoms with Gasteiger partial charge in [0.05, 0.1) is 27.8 Å². The number of pyridine rings is 1. The Balaban J connectivity index is 0.0000135. The molecule has 2 heterocycles. The van der Waals surface area contributed by atoms with E-state index < -0.39 is 152 Å². The van der Waals surface area contributed by atoms with Crippen LogP contribution in [0.5, 0.6) is 5.75 Å². The summed E-state index contributed by atoms with van der Waals surface area (Å²) in [7, 11) is 0. The summed E-state index contributed by atoms with van der Waals surface area (Å²) in [5.41, 5.74) is -16.3. The minimum atomic E-state index is -4.26. The number of aromatic nitrogens is 3. The second-order valence-corrected chi connectivity index (χ2v) is 18.6. The minimum Gasteiger partial charge on any atom is -0.507 e. The third kappa shape index (κ3) is 10.0. The summed E-state index contributed by atoms with van der Waals surface area (Å²) in [6.07, 6.45) is 1.23. The van der Waals surface area contributed by atoms with Gasteiger partial charge in [0.25, 0.3) is 0 Å². The van der Waals surface area contributed by atoms with Crippen LogP contribution in [0.4, 0.5) is 0 Å². The molecule has 0 amide bonds. The predicted molar refractivity (Wildman–Crippen MR) is 280 cm³/mol. The number of phenolic OH excluding ortho intramolecular Hbond substituents is 1. The van der Waals surface area contributed by atoms with Crippen molar-refractivity contribution >= 4 is 11.0 Å². The second-order valence-electron chi connectivity index (χ2n) is 18.6. The van der Waals surface area contributed by atoms with E-state index in [4.69, 9.17) is 44.7 Å². The molecular formula is C62H68N3OPt-. The number of imidazole rings is 1. The van der Waals surface area contributed by atoms with Gasteiger partial charge in [0.1, 0.15) is 11.6 Å². The van der Waals surface area contributed by atoms with Crippen molar-refractivity contribution in [3.63, 3.8) is 0 Å². The number of hydrogen-bond donors (Lipinski definition) is 1. The molecule has 0 saturated carbocycles. The summed E-state index contributed by atoms with van der Waals surface area (Å²) < 4.78 is 271. The fourth-order valence-electron chi connectivity index (χ4n) is 7.76. The molecule has 0 unspecified atom stereocenters. The molecule has 0 atom stereocenters. The SMILES string of the molecule is [2H]c1c([2H])c(C(C([2H])([2H])[2H])(C([2H])([2H])[2H])C([2H])([2H])[2H])c([2H])c([2H])c1-c1ccnc(-c2[c-]c(-c3cccc4c3nc(-c3cc(C(C([2H])([2H])[2H])(C([2H])([2H])[2H])C([2H])([2H])[2H])cc(C(C([2H])([2H])[2H])(C([2H])([2H])[2H])C([2H])([2H])[2H])c3O)n4-c3ccc(C(C)(C)C)cc3-c3ccccc3)cc(C(C)(C)C)c2)c1.[Pt]. The molecule has 1 N–H and O–H groups in total. The van der Waals surface area contributed by atoms with Crippen LogP contribution in [0.15, 0.2) is 133 Å². The molecule has 6 aromatic carbocycles. The third-order valence-corrected chi connectivity index (χ3v) is 11.4. The second kappa shape index (κ2) is 17.8. The van der Waals surface area contributed by atoms with Crippen LogP contribution in [-0.4, -0.2) is 19.6 Å². The summed E-state index contributed by atoms with van der Waals surface area (Å²) in [6, 6.07) is 24.4. The first kappa shape index (κ1) is 23.2. The van der Waals surface area contributed by atoms with Gasteiger partial charge in [0.15, 0.2) is 0 Å². The van der Waals surface area contributed by atoms with Gasteiger partial charge in [-0.3, -0.25) is 9.55 Å². The molecule has 0 aliphatic carbocycles. The topological polar surface area (TPSA) is 50.9 Å². The van der Waals surface area contributed by atoms with E-state index in [1.165, 1.54) is 22.9 Å². The minimum absolute atomic E-state index is 0. The van der Waals surface area contributed by atoms with E-state index >= 15 is 0 Å². The fraction of sp³-hybridized carbons (Fsp3) is 0.323. The maximum Gasteiger partial charge on any atom is 0.148 e. The van der Waals surface area contributed by atoms with Gasteiger partial charge < -0.3 is 5.11 Å². The van der Waals surface area contributed by atoms with Crippen molar-refractivity contribution < 1.29 is 68.7 Å². The van der Waals surface area contributed by atoms with Crippen molar-refractivity contribution in [2.24, 2.45) is 0 Å². The molecule has 4 nitrogen and oxygen atoms in total. The zero-order chi connectivity index (χ0) is 73.7. The standard InChI is InChI=1S/C62H68N3O.Pt/c1-58(2,3)44-26-24-39(25-27-44)41-30-31-63-52(35-41)43-32-42(33-46(34-43)60(7,8)9)48-22-19-23-54-55(48)64-57(50-37-47(61(10,11)12)38-51(56(50)66)62(13,14)15)65(54)53-29-28-45(59(4,5)6)36-49(53)40-20-17-16-18-21-40;/h16-31,33-38,66H,1-15H3;/q-1;/i1D3,2D3,3D3,10D3,11D3,12D3,13D3,14D3,15D3,24D,25D,26D,27D;. The first-order valence-electron chi connectivity index (χ1n) is 36.5. The zero-order valence-electron chi connectivity index (χ0n) is 68.5. The monoisotopic (exact) mass is 1100 g/mol. The third-order valence-electron chi connectivity index (χ3n) is 11.4. The molecule has 2 aromatic heterocycles. The number of phenols is 1. The van der Waals surface area contributed by atoms with Crippen LogP contribution in [0.3, 0.4) is 0 Å². The normalized spacial score (nSPS) is 21.1. The summed E-state index contributed by atoms with van der Waals surface area (Å²) in [6.45, 7) is -25.6. The first-order valence-corrected chi connectivity index (χ1v) is 21.0. The molecule has 0 aliphatic rings. The molecule has 67 heavy (non-hydrogen) atoms. The summed E-state index contributed by atoms with van der Waals surface area (Å²) in [5, 5.41) is 13.1. The summed E-state index contributed by atoms with van der Waals surface area (Å²) in [5.74, 6) is -2.05. The van der Waals surface area contributed by atoms with Gasteiger partial charge in [0.2, 0.25) is 0 Å². The number of aromatic hydroxyl groups is 1. The van der Waals surface area contributed by atoms with E-state index in [0.29, 0.717) is 22.8 Å². The van der Waals surface area contributed by atoms with Crippen molar-refractivity contribution in [3.05, 3.63) is 167 Å². The molecule has 8 aromatic rings. The first-order chi connectivity index (χ1) is 43.7. The largest absolute Gasteiger partial charge is 0.507 e. The van der Waals surface area contributed by atoms with Crippen molar-refractivity contribution in [1.29, 1.82) is 0 Å². The molecule has 0 spiro atoms. The van der Waals surface area contributed by atoms with Gasteiger partial charge in [-0.2, -0.15) is 0 Å². The maximum atomic E-state index is 13.1. The molecule has 0 fully saturated rings. The fourth-order valence-corrected chi connectivity index (χ4v) is 7.76. The number of fused-ring (bicyclic) bond motifs is 1. The Hall–Kier alpha value is -5.57. The van der Waals surface area contributed by atoms with Crippen LogP contribution < -0.4 is 0 Å². The van der Waals surface area contributed by atoms with Gasteiger partial charge in [-0.1, -0.05) is 199 Å². The van der Waals surface area contributed by atoms with Crippen LogP contribution in [0, 0.1) is 6.07 Å². The van der Waals surface area contributed by atoms with Gasteiger partial charge in [-0.15, -0.1) is 29.3 Å².